The highest BCUT2D eigenvalue weighted by molar-refractivity contribution is 5.73. The van der Waals surface area contributed by atoms with Crippen molar-refractivity contribution in [1.82, 2.24) is 9.88 Å². The number of nitrogens with one attached hydrogen (secondary N) is 1. The second-order valence-electron chi connectivity index (χ2n) is 4.94. The Morgan fingerprint density at radius 1 is 1.39 bits per heavy atom. The molecule has 0 aliphatic heterocycles. The van der Waals surface area contributed by atoms with Crippen LogP contribution >= 0.6 is 0 Å². The van der Waals surface area contributed by atoms with E-state index in [4.69, 9.17) is 4.42 Å². The van der Waals surface area contributed by atoms with Crippen molar-refractivity contribution in [2.45, 2.75) is 32.7 Å². The number of aromatic nitrogens is 1. The van der Waals surface area contributed by atoms with Crippen molar-refractivity contribution in [2.75, 3.05) is 6.54 Å². The van der Waals surface area contributed by atoms with E-state index >= 15 is 0 Å². The van der Waals surface area contributed by atoms with Gasteiger partial charge in [0.15, 0.2) is 5.58 Å². The van der Waals surface area contributed by atoms with Gasteiger partial charge in [0, 0.05) is 13.1 Å². The van der Waals surface area contributed by atoms with Gasteiger partial charge in [-0.05, 0) is 37.1 Å². The van der Waals surface area contributed by atoms with Crippen LogP contribution in [0.25, 0.3) is 11.1 Å². The van der Waals surface area contributed by atoms with E-state index in [0.29, 0.717) is 11.6 Å². The first-order chi connectivity index (χ1) is 8.58. The third kappa shape index (κ3) is 2.82. The van der Waals surface area contributed by atoms with Crippen molar-refractivity contribution in [1.29, 1.82) is 0 Å². The summed E-state index contributed by atoms with van der Waals surface area (Å²) in [6, 6.07) is 6.50. The quantitative estimate of drug-likeness (QED) is 0.824. The molecule has 0 atom stereocenters. The predicted octanol–water partition coefficient (Wildman–Crippen LogP) is 2.06. The molecule has 18 heavy (non-hydrogen) atoms. The van der Waals surface area contributed by atoms with E-state index in [2.05, 4.69) is 25.2 Å². The summed E-state index contributed by atoms with van der Waals surface area (Å²) in [4.78, 5) is 11.4. The Balaban J connectivity index is 2.04. The minimum atomic E-state index is -0.302. The van der Waals surface area contributed by atoms with E-state index < -0.39 is 0 Å². The molecule has 0 saturated heterocycles. The van der Waals surface area contributed by atoms with Crippen molar-refractivity contribution in [2.24, 2.45) is 7.05 Å². The Bertz CT molecular complexity index is 581. The summed E-state index contributed by atoms with van der Waals surface area (Å²) >= 11 is 0. The maximum Gasteiger partial charge on any atom is 0.419 e. The number of fused-ring (bicyclic) bond motifs is 1. The molecule has 1 heterocycles. The molecule has 0 saturated carbocycles. The molecule has 1 aromatic heterocycles. The van der Waals surface area contributed by atoms with Gasteiger partial charge in [-0.1, -0.05) is 19.9 Å². The molecular weight excluding hydrogens is 228 g/mol. The third-order valence-corrected chi connectivity index (χ3v) is 3.05. The van der Waals surface area contributed by atoms with Crippen molar-refractivity contribution < 1.29 is 4.42 Å². The van der Waals surface area contributed by atoms with E-state index in [1.807, 2.05) is 12.1 Å². The Hall–Kier alpha value is -1.55. The smallest absolute Gasteiger partial charge is 0.408 e. The monoisotopic (exact) mass is 248 g/mol. The number of hydrogen-bond acceptors (Lipinski definition) is 3. The number of benzene rings is 1. The molecule has 0 spiro atoms. The third-order valence-electron chi connectivity index (χ3n) is 3.05. The van der Waals surface area contributed by atoms with Crippen LogP contribution in [-0.4, -0.2) is 17.2 Å². The fraction of sp³-hybridized carbons (Fsp3) is 0.500. The topological polar surface area (TPSA) is 47.2 Å². The van der Waals surface area contributed by atoms with Crippen LogP contribution in [0.5, 0.6) is 0 Å². The minimum Gasteiger partial charge on any atom is -0.408 e. The van der Waals surface area contributed by atoms with Crippen LogP contribution in [0.2, 0.25) is 0 Å². The molecule has 4 nitrogen and oxygen atoms in total. The van der Waals surface area contributed by atoms with Crippen LogP contribution in [0.15, 0.2) is 27.4 Å². The zero-order valence-electron chi connectivity index (χ0n) is 11.2. The first-order valence-corrected chi connectivity index (χ1v) is 6.40. The van der Waals surface area contributed by atoms with Gasteiger partial charge in [0.25, 0.3) is 0 Å². The molecule has 1 N–H and O–H groups in total. The van der Waals surface area contributed by atoms with Crippen LogP contribution < -0.4 is 11.1 Å². The van der Waals surface area contributed by atoms with E-state index in [9.17, 15) is 4.79 Å². The lowest BCUT2D eigenvalue weighted by molar-refractivity contribution is 0.527. The molecule has 0 radical (unpaired) electrons. The highest BCUT2D eigenvalue weighted by Gasteiger charge is 2.06. The van der Waals surface area contributed by atoms with E-state index in [1.165, 1.54) is 10.1 Å². The lowest BCUT2D eigenvalue weighted by Crippen LogP contribution is -2.23. The Kier molecular flexibility index (Phi) is 3.87. The summed E-state index contributed by atoms with van der Waals surface area (Å²) in [6.07, 6.45) is 2.08. The minimum absolute atomic E-state index is 0.302. The highest BCUT2D eigenvalue weighted by Crippen LogP contribution is 2.15. The summed E-state index contributed by atoms with van der Waals surface area (Å²) in [6.45, 7) is 5.30. The summed E-state index contributed by atoms with van der Waals surface area (Å²) in [5, 5.41) is 3.39. The number of aryl methyl sites for hydroxylation is 2. The van der Waals surface area contributed by atoms with E-state index in [1.54, 1.807) is 7.05 Å². The van der Waals surface area contributed by atoms with Gasteiger partial charge in [-0.2, -0.15) is 0 Å². The molecule has 2 rings (SSSR count). The van der Waals surface area contributed by atoms with Gasteiger partial charge in [0.1, 0.15) is 0 Å². The van der Waals surface area contributed by atoms with Crippen LogP contribution in [0.4, 0.5) is 0 Å². The molecule has 2 aromatic rings. The van der Waals surface area contributed by atoms with E-state index in [0.717, 1.165) is 24.9 Å². The Labute approximate surface area is 107 Å². The molecule has 0 amide bonds. The fourth-order valence-corrected chi connectivity index (χ4v) is 2.02. The van der Waals surface area contributed by atoms with Crippen LogP contribution in [0.3, 0.4) is 0 Å². The van der Waals surface area contributed by atoms with Gasteiger partial charge in [-0.15, -0.1) is 0 Å². The van der Waals surface area contributed by atoms with Gasteiger partial charge < -0.3 is 9.73 Å². The summed E-state index contributed by atoms with van der Waals surface area (Å²) in [5.41, 5.74) is 2.74. The number of nitrogens with zero attached hydrogens (tertiary/aromatic N) is 1. The zero-order valence-corrected chi connectivity index (χ0v) is 11.2. The fourth-order valence-electron chi connectivity index (χ4n) is 2.02. The second-order valence-corrected chi connectivity index (χ2v) is 4.94. The lowest BCUT2D eigenvalue weighted by atomic mass is 10.1. The molecule has 98 valence electrons. The maximum absolute atomic E-state index is 11.4. The standard InChI is InChI=1S/C14H20N2O2/c1-10(2)15-8-4-5-11-6-7-12-13(9-11)18-14(17)16(12)3/h6-7,9-10,15H,4-5,8H2,1-3H3. The van der Waals surface area contributed by atoms with Gasteiger partial charge in [0.2, 0.25) is 0 Å². The average Bonchev–Trinajstić information content (AvgIpc) is 2.60. The second kappa shape index (κ2) is 5.40. The average molecular weight is 248 g/mol. The van der Waals surface area contributed by atoms with Gasteiger partial charge in [0.05, 0.1) is 5.52 Å². The first kappa shape index (κ1) is 12.9. The van der Waals surface area contributed by atoms with Crippen molar-refractivity contribution in [3.8, 4) is 0 Å². The number of hydrogen-bond donors (Lipinski definition) is 1. The molecule has 0 aliphatic rings. The molecule has 0 aliphatic carbocycles. The molecule has 0 unspecified atom stereocenters. The van der Waals surface area contributed by atoms with Gasteiger partial charge in [-0.25, -0.2) is 4.79 Å². The first-order valence-electron chi connectivity index (χ1n) is 6.40. The van der Waals surface area contributed by atoms with Crippen molar-refractivity contribution in [3.63, 3.8) is 0 Å². The zero-order chi connectivity index (χ0) is 13.1. The SMILES string of the molecule is CC(C)NCCCc1ccc2c(c1)oc(=O)n2C. The Morgan fingerprint density at radius 3 is 2.89 bits per heavy atom. The molecule has 4 heteroatoms. The van der Waals surface area contributed by atoms with E-state index in [-0.39, 0.29) is 5.76 Å². The number of oxazole rings is 1. The van der Waals surface area contributed by atoms with Crippen LogP contribution in [-0.2, 0) is 13.5 Å². The van der Waals surface area contributed by atoms with Crippen LogP contribution in [0, 0.1) is 0 Å². The molecule has 1 aromatic carbocycles. The summed E-state index contributed by atoms with van der Waals surface area (Å²) < 4.78 is 6.70. The maximum atomic E-state index is 11.4. The Morgan fingerprint density at radius 2 is 2.17 bits per heavy atom. The van der Waals surface area contributed by atoms with Crippen molar-refractivity contribution in [3.05, 3.63) is 34.3 Å². The largest absolute Gasteiger partial charge is 0.419 e. The summed E-state index contributed by atoms with van der Waals surface area (Å²) in [7, 11) is 1.72. The highest BCUT2D eigenvalue weighted by atomic mass is 16.4. The predicted molar refractivity (Wildman–Crippen MR) is 72.9 cm³/mol. The normalized spacial score (nSPS) is 11.6. The van der Waals surface area contributed by atoms with Crippen LogP contribution in [0.1, 0.15) is 25.8 Å². The lowest BCUT2D eigenvalue weighted by Gasteiger charge is -2.07. The molecular formula is C14H20N2O2. The molecule has 0 bridgehead atoms. The van der Waals surface area contributed by atoms with Gasteiger partial charge in [-0.3, -0.25) is 4.57 Å². The number of rotatable bonds is 5. The molecule has 0 fully saturated rings. The summed E-state index contributed by atoms with van der Waals surface area (Å²) in [5.74, 6) is -0.302. The van der Waals surface area contributed by atoms with Crippen molar-refractivity contribution >= 4 is 11.1 Å². The van der Waals surface area contributed by atoms with Gasteiger partial charge >= 0.3 is 5.76 Å².